The smallest absolute Gasteiger partial charge is 0.222 e. The zero-order chi connectivity index (χ0) is 12.1. The van der Waals surface area contributed by atoms with E-state index in [0.717, 1.165) is 51.9 Å². The summed E-state index contributed by atoms with van der Waals surface area (Å²) < 4.78 is 0. The lowest BCUT2D eigenvalue weighted by Crippen LogP contribution is -2.48. The second kappa shape index (κ2) is 6.36. The van der Waals surface area contributed by atoms with Crippen LogP contribution < -0.4 is 0 Å². The molecule has 2 saturated heterocycles. The van der Waals surface area contributed by atoms with Crippen molar-refractivity contribution in [1.82, 2.24) is 9.80 Å². The van der Waals surface area contributed by atoms with Gasteiger partial charge in [0.15, 0.2) is 0 Å². The number of hydrogen-bond donors (Lipinski definition) is 1. The summed E-state index contributed by atoms with van der Waals surface area (Å²) in [5, 5.41) is 8.78. The van der Waals surface area contributed by atoms with Gasteiger partial charge in [-0.2, -0.15) is 0 Å². The van der Waals surface area contributed by atoms with Crippen molar-refractivity contribution in [1.29, 1.82) is 0 Å². The Kier molecular flexibility index (Phi) is 4.80. The van der Waals surface area contributed by atoms with Gasteiger partial charge in [0.25, 0.3) is 0 Å². The van der Waals surface area contributed by atoms with Crippen molar-refractivity contribution in [2.75, 3.05) is 32.8 Å². The molecule has 1 unspecified atom stereocenters. The average Bonchev–Trinajstić information content (AvgIpc) is 2.76. The second-order valence-electron chi connectivity index (χ2n) is 5.22. The standard InChI is InChI=1S/C13H24N2O2/c16-10-2-1-7-14-8-3-5-12(11-14)15-9-4-6-13(15)17/h12,16H,1-11H2. The van der Waals surface area contributed by atoms with E-state index in [0.29, 0.717) is 18.6 Å². The number of unbranched alkanes of at least 4 members (excludes halogenated alkanes) is 1. The van der Waals surface area contributed by atoms with Crippen LogP contribution in [-0.4, -0.2) is 59.6 Å². The molecule has 0 aliphatic carbocycles. The average molecular weight is 240 g/mol. The van der Waals surface area contributed by atoms with Crippen LogP contribution >= 0.6 is 0 Å². The lowest BCUT2D eigenvalue weighted by molar-refractivity contribution is -0.130. The first-order valence-electron chi connectivity index (χ1n) is 6.94. The van der Waals surface area contributed by atoms with Crippen molar-refractivity contribution in [2.24, 2.45) is 0 Å². The highest BCUT2D eigenvalue weighted by Crippen LogP contribution is 2.21. The van der Waals surface area contributed by atoms with E-state index in [9.17, 15) is 4.79 Å². The second-order valence-corrected chi connectivity index (χ2v) is 5.22. The number of aliphatic hydroxyl groups excluding tert-OH is 1. The van der Waals surface area contributed by atoms with Gasteiger partial charge in [0.05, 0.1) is 0 Å². The summed E-state index contributed by atoms with van der Waals surface area (Å²) in [4.78, 5) is 16.3. The van der Waals surface area contributed by atoms with Crippen molar-refractivity contribution in [3.05, 3.63) is 0 Å². The first kappa shape index (κ1) is 12.8. The third-order valence-corrected chi connectivity index (χ3v) is 3.91. The van der Waals surface area contributed by atoms with E-state index in [1.807, 2.05) is 0 Å². The molecular weight excluding hydrogens is 216 g/mol. The minimum Gasteiger partial charge on any atom is -0.396 e. The van der Waals surface area contributed by atoms with E-state index >= 15 is 0 Å². The molecule has 0 aromatic heterocycles. The van der Waals surface area contributed by atoms with Crippen LogP contribution in [0.15, 0.2) is 0 Å². The molecule has 0 saturated carbocycles. The Balaban J connectivity index is 1.78. The number of carbonyl (C=O) groups is 1. The summed E-state index contributed by atoms with van der Waals surface area (Å²) in [6, 6.07) is 0.452. The van der Waals surface area contributed by atoms with E-state index < -0.39 is 0 Å². The Morgan fingerprint density at radius 2 is 2.12 bits per heavy atom. The van der Waals surface area contributed by atoms with Gasteiger partial charge in [0.2, 0.25) is 5.91 Å². The minimum atomic E-state index is 0.294. The molecule has 0 aromatic rings. The van der Waals surface area contributed by atoms with Gasteiger partial charge in [-0.05, 0) is 45.2 Å². The zero-order valence-electron chi connectivity index (χ0n) is 10.6. The van der Waals surface area contributed by atoms with Crippen LogP contribution in [0.25, 0.3) is 0 Å². The predicted molar refractivity (Wildman–Crippen MR) is 66.7 cm³/mol. The third kappa shape index (κ3) is 3.42. The topological polar surface area (TPSA) is 43.8 Å². The Bertz CT molecular complexity index is 258. The molecule has 0 radical (unpaired) electrons. The van der Waals surface area contributed by atoms with Gasteiger partial charge in [-0.1, -0.05) is 0 Å². The van der Waals surface area contributed by atoms with Crippen molar-refractivity contribution in [2.45, 2.75) is 44.6 Å². The number of piperidine rings is 1. The number of nitrogens with zero attached hydrogens (tertiary/aromatic N) is 2. The summed E-state index contributed by atoms with van der Waals surface area (Å²) in [5.41, 5.74) is 0. The van der Waals surface area contributed by atoms with Gasteiger partial charge >= 0.3 is 0 Å². The van der Waals surface area contributed by atoms with Crippen LogP contribution in [-0.2, 0) is 4.79 Å². The maximum atomic E-state index is 11.7. The van der Waals surface area contributed by atoms with Crippen LogP contribution in [0, 0.1) is 0 Å². The largest absolute Gasteiger partial charge is 0.396 e. The van der Waals surface area contributed by atoms with Crippen molar-refractivity contribution in [3.8, 4) is 0 Å². The molecule has 2 aliphatic rings. The number of amides is 1. The van der Waals surface area contributed by atoms with Gasteiger partial charge in [-0.3, -0.25) is 4.79 Å². The Hall–Kier alpha value is -0.610. The molecule has 4 heteroatoms. The molecule has 2 aliphatic heterocycles. The van der Waals surface area contributed by atoms with Crippen LogP contribution in [0.4, 0.5) is 0 Å². The number of carbonyl (C=O) groups excluding carboxylic acids is 1. The van der Waals surface area contributed by atoms with Crippen LogP contribution in [0.5, 0.6) is 0 Å². The molecule has 1 atom stereocenters. The first-order chi connectivity index (χ1) is 8.31. The SMILES string of the molecule is O=C1CCCN1C1CCCN(CCCCO)C1. The molecular formula is C13H24N2O2. The highest BCUT2D eigenvalue weighted by Gasteiger charge is 2.30. The molecule has 2 rings (SSSR count). The number of likely N-dealkylation sites (tertiary alicyclic amines) is 2. The van der Waals surface area contributed by atoms with E-state index in [1.54, 1.807) is 0 Å². The van der Waals surface area contributed by atoms with Crippen LogP contribution in [0.2, 0.25) is 0 Å². The molecule has 1 N–H and O–H groups in total. The Morgan fingerprint density at radius 1 is 1.24 bits per heavy atom. The maximum absolute atomic E-state index is 11.7. The number of rotatable bonds is 5. The van der Waals surface area contributed by atoms with Crippen molar-refractivity contribution < 1.29 is 9.90 Å². The summed E-state index contributed by atoms with van der Waals surface area (Å²) in [6.07, 6.45) is 6.12. The maximum Gasteiger partial charge on any atom is 0.222 e. The number of hydrogen-bond acceptors (Lipinski definition) is 3. The predicted octanol–water partition coefficient (Wildman–Crippen LogP) is 0.846. The molecule has 0 spiro atoms. The molecule has 98 valence electrons. The summed E-state index contributed by atoms with van der Waals surface area (Å²) in [6.45, 7) is 4.52. The molecule has 2 fully saturated rings. The molecule has 0 bridgehead atoms. The van der Waals surface area contributed by atoms with Gasteiger partial charge in [0, 0.05) is 32.2 Å². The molecule has 0 aromatic carbocycles. The van der Waals surface area contributed by atoms with Crippen molar-refractivity contribution in [3.63, 3.8) is 0 Å². The molecule has 1 amide bonds. The highest BCUT2D eigenvalue weighted by atomic mass is 16.2. The van der Waals surface area contributed by atoms with Crippen molar-refractivity contribution >= 4 is 5.91 Å². The van der Waals surface area contributed by atoms with Gasteiger partial charge in [-0.25, -0.2) is 0 Å². The van der Waals surface area contributed by atoms with Crippen LogP contribution in [0.3, 0.4) is 0 Å². The van der Waals surface area contributed by atoms with Gasteiger partial charge < -0.3 is 14.9 Å². The molecule has 17 heavy (non-hydrogen) atoms. The lowest BCUT2D eigenvalue weighted by Gasteiger charge is -2.37. The monoisotopic (exact) mass is 240 g/mol. The zero-order valence-corrected chi connectivity index (χ0v) is 10.6. The van der Waals surface area contributed by atoms with E-state index in [1.165, 1.54) is 12.8 Å². The fourth-order valence-corrected chi connectivity index (χ4v) is 2.99. The van der Waals surface area contributed by atoms with Gasteiger partial charge in [0.1, 0.15) is 0 Å². The number of aliphatic hydroxyl groups is 1. The highest BCUT2D eigenvalue weighted by molar-refractivity contribution is 5.78. The first-order valence-corrected chi connectivity index (χ1v) is 6.94. The lowest BCUT2D eigenvalue weighted by atomic mass is 10.0. The quantitative estimate of drug-likeness (QED) is 0.724. The minimum absolute atomic E-state index is 0.294. The van der Waals surface area contributed by atoms with E-state index in [4.69, 9.17) is 5.11 Å². The Labute approximate surface area is 104 Å². The Morgan fingerprint density at radius 3 is 2.82 bits per heavy atom. The fraction of sp³-hybridized carbons (Fsp3) is 0.923. The summed E-state index contributed by atoms with van der Waals surface area (Å²) in [5.74, 6) is 0.354. The summed E-state index contributed by atoms with van der Waals surface area (Å²) in [7, 11) is 0. The third-order valence-electron chi connectivity index (χ3n) is 3.91. The fourth-order valence-electron chi connectivity index (χ4n) is 2.99. The van der Waals surface area contributed by atoms with E-state index in [-0.39, 0.29) is 0 Å². The van der Waals surface area contributed by atoms with Gasteiger partial charge in [-0.15, -0.1) is 0 Å². The molecule has 4 nitrogen and oxygen atoms in total. The molecule has 2 heterocycles. The van der Waals surface area contributed by atoms with Crippen LogP contribution in [0.1, 0.15) is 38.5 Å². The normalized spacial score (nSPS) is 26.8. The summed E-state index contributed by atoms with van der Waals surface area (Å²) >= 11 is 0. The van der Waals surface area contributed by atoms with E-state index in [2.05, 4.69) is 9.80 Å².